The topological polar surface area (TPSA) is 44.8 Å². The first-order chi connectivity index (χ1) is 11.1. The summed E-state index contributed by atoms with van der Waals surface area (Å²) in [5.74, 6) is 1.42. The van der Waals surface area contributed by atoms with Crippen LogP contribution >= 0.6 is 0 Å². The minimum atomic E-state index is -0.249. The fourth-order valence-corrected chi connectivity index (χ4v) is 2.27. The molecule has 0 bridgehead atoms. The summed E-state index contributed by atoms with van der Waals surface area (Å²) in [6.07, 6.45) is 0.270. The Hall–Kier alpha value is -2.49. The predicted octanol–water partition coefficient (Wildman–Crippen LogP) is 3.48. The molecule has 0 amide bonds. The molecule has 0 fully saturated rings. The molecule has 0 saturated heterocycles. The quantitative estimate of drug-likeness (QED) is 0.580. The molecule has 0 heterocycles. The Morgan fingerprint density at radius 3 is 2.13 bits per heavy atom. The summed E-state index contributed by atoms with van der Waals surface area (Å²) >= 11 is 0. The van der Waals surface area contributed by atoms with Gasteiger partial charge in [0.2, 0.25) is 0 Å². The van der Waals surface area contributed by atoms with E-state index in [4.69, 9.17) is 9.47 Å². The summed E-state index contributed by atoms with van der Waals surface area (Å²) in [6.45, 7) is 5.01. The van der Waals surface area contributed by atoms with Crippen molar-refractivity contribution in [2.45, 2.75) is 20.3 Å². The van der Waals surface area contributed by atoms with Crippen molar-refractivity contribution < 1.29 is 19.0 Å². The average molecular weight is 314 g/mol. The standard InChI is InChI=1S/C19H22O4/c1-14-5-4-6-15(2)19(14)23-12-11-22-17-9-7-16(8-10-17)13-18(20)21-3/h4-10H,11-13H2,1-3H3. The number of methoxy groups -OCH3 is 1. The highest BCUT2D eigenvalue weighted by Crippen LogP contribution is 2.22. The van der Waals surface area contributed by atoms with Crippen LogP contribution in [0, 0.1) is 13.8 Å². The fourth-order valence-electron chi connectivity index (χ4n) is 2.27. The Morgan fingerprint density at radius 2 is 1.52 bits per heavy atom. The Balaban J connectivity index is 1.79. The summed E-state index contributed by atoms with van der Waals surface area (Å²) in [4.78, 5) is 11.2. The zero-order chi connectivity index (χ0) is 16.7. The first kappa shape index (κ1) is 16.9. The summed E-state index contributed by atoms with van der Waals surface area (Å²) in [5, 5.41) is 0. The number of rotatable bonds is 7. The molecule has 0 N–H and O–H groups in total. The average Bonchev–Trinajstić information content (AvgIpc) is 2.55. The minimum absolute atomic E-state index is 0.249. The summed E-state index contributed by atoms with van der Waals surface area (Å²) in [7, 11) is 1.38. The second-order valence-electron chi connectivity index (χ2n) is 5.31. The molecule has 122 valence electrons. The third-order valence-electron chi connectivity index (χ3n) is 3.51. The SMILES string of the molecule is COC(=O)Cc1ccc(OCCOc2c(C)cccc2C)cc1. The van der Waals surface area contributed by atoms with Gasteiger partial charge in [-0.3, -0.25) is 4.79 Å². The van der Waals surface area contributed by atoms with E-state index in [9.17, 15) is 4.79 Å². The molecule has 4 heteroatoms. The third-order valence-corrected chi connectivity index (χ3v) is 3.51. The van der Waals surface area contributed by atoms with E-state index in [-0.39, 0.29) is 12.4 Å². The van der Waals surface area contributed by atoms with Gasteiger partial charge in [0.15, 0.2) is 0 Å². The monoisotopic (exact) mass is 314 g/mol. The van der Waals surface area contributed by atoms with Gasteiger partial charge >= 0.3 is 5.97 Å². The van der Waals surface area contributed by atoms with Crippen molar-refractivity contribution in [2.24, 2.45) is 0 Å². The van der Waals surface area contributed by atoms with E-state index in [2.05, 4.69) is 4.74 Å². The molecule has 0 radical (unpaired) electrons. The van der Waals surface area contributed by atoms with E-state index in [0.29, 0.717) is 13.2 Å². The number of benzene rings is 2. The Morgan fingerprint density at radius 1 is 0.913 bits per heavy atom. The molecule has 0 aromatic heterocycles. The van der Waals surface area contributed by atoms with Crippen LogP contribution in [0.3, 0.4) is 0 Å². The van der Waals surface area contributed by atoms with Gasteiger partial charge in [-0.2, -0.15) is 0 Å². The maximum absolute atomic E-state index is 11.2. The van der Waals surface area contributed by atoms with Crippen molar-refractivity contribution in [2.75, 3.05) is 20.3 Å². The fraction of sp³-hybridized carbons (Fsp3) is 0.316. The number of aryl methyl sites for hydroxylation is 2. The number of carbonyl (C=O) groups excluding carboxylic acids is 1. The first-order valence-corrected chi connectivity index (χ1v) is 7.57. The van der Waals surface area contributed by atoms with Gasteiger partial charge < -0.3 is 14.2 Å². The van der Waals surface area contributed by atoms with Gasteiger partial charge in [0.25, 0.3) is 0 Å². The lowest BCUT2D eigenvalue weighted by molar-refractivity contribution is -0.139. The molecular weight excluding hydrogens is 292 g/mol. The Labute approximate surface area is 137 Å². The maximum Gasteiger partial charge on any atom is 0.309 e. The van der Waals surface area contributed by atoms with E-state index in [1.807, 2.05) is 56.3 Å². The largest absolute Gasteiger partial charge is 0.490 e. The van der Waals surface area contributed by atoms with Gasteiger partial charge in [-0.1, -0.05) is 30.3 Å². The van der Waals surface area contributed by atoms with Crippen molar-refractivity contribution in [3.63, 3.8) is 0 Å². The molecule has 2 aromatic rings. The van der Waals surface area contributed by atoms with Crippen LogP contribution in [0.5, 0.6) is 11.5 Å². The van der Waals surface area contributed by atoms with E-state index in [1.54, 1.807) is 0 Å². The second-order valence-corrected chi connectivity index (χ2v) is 5.31. The Bertz CT molecular complexity index is 627. The van der Waals surface area contributed by atoms with Crippen molar-refractivity contribution in [3.05, 3.63) is 59.2 Å². The zero-order valence-electron chi connectivity index (χ0n) is 13.8. The van der Waals surface area contributed by atoms with Crippen LogP contribution in [-0.4, -0.2) is 26.3 Å². The highest BCUT2D eigenvalue weighted by molar-refractivity contribution is 5.72. The van der Waals surface area contributed by atoms with Crippen LogP contribution in [0.25, 0.3) is 0 Å². The number of hydrogen-bond donors (Lipinski definition) is 0. The zero-order valence-corrected chi connectivity index (χ0v) is 13.8. The number of ether oxygens (including phenoxy) is 3. The summed E-state index contributed by atoms with van der Waals surface area (Å²) in [5.41, 5.74) is 3.14. The van der Waals surface area contributed by atoms with Crippen molar-refractivity contribution in [1.82, 2.24) is 0 Å². The lowest BCUT2D eigenvalue weighted by atomic mass is 10.1. The molecule has 0 saturated carbocycles. The molecule has 0 aliphatic rings. The van der Waals surface area contributed by atoms with E-state index in [1.165, 1.54) is 7.11 Å². The first-order valence-electron chi connectivity index (χ1n) is 7.57. The minimum Gasteiger partial charge on any atom is -0.490 e. The van der Waals surface area contributed by atoms with Gasteiger partial charge in [0.1, 0.15) is 24.7 Å². The van der Waals surface area contributed by atoms with Gasteiger partial charge in [-0.25, -0.2) is 0 Å². The van der Waals surface area contributed by atoms with Crippen LogP contribution < -0.4 is 9.47 Å². The molecule has 0 atom stereocenters. The maximum atomic E-state index is 11.2. The molecule has 0 aliphatic carbocycles. The van der Waals surface area contributed by atoms with Crippen LogP contribution in [0.1, 0.15) is 16.7 Å². The molecule has 23 heavy (non-hydrogen) atoms. The number of carbonyl (C=O) groups is 1. The van der Waals surface area contributed by atoms with E-state index >= 15 is 0 Å². The lowest BCUT2D eigenvalue weighted by Gasteiger charge is -2.12. The highest BCUT2D eigenvalue weighted by atomic mass is 16.5. The van der Waals surface area contributed by atoms with Crippen LogP contribution in [0.15, 0.2) is 42.5 Å². The van der Waals surface area contributed by atoms with Crippen molar-refractivity contribution in [3.8, 4) is 11.5 Å². The number of esters is 1. The molecule has 0 spiro atoms. The highest BCUT2D eigenvalue weighted by Gasteiger charge is 2.04. The predicted molar refractivity (Wildman–Crippen MR) is 89.1 cm³/mol. The third kappa shape index (κ3) is 5.02. The Kier molecular flexibility index (Phi) is 6.03. The molecular formula is C19H22O4. The van der Waals surface area contributed by atoms with E-state index in [0.717, 1.165) is 28.2 Å². The molecule has 4 nitrogen and oxygen atoms in total. The molecule has 2 aromatic carbocycles. The van der Waals surface area contributed by atoms with Crippen LogP contribution in [0.2, 0.25) is 0 Å². The van der Waals surface area contributed by atoms with Gasteiger partial charge in [0.05, 0.1) is 13.5 Å². The van der Waals surface area contributed by atoms with Crippen molar-refractivity contribution in [1.29, 1.82) is 0 Å². The normalized spacial score (nSPS) is 10.2. The van der Waals surface area contributed by atoms with Gasteiger partial charge in [-0.05, 0) is 42.7 Å². The van der Waals surface area contributed by atoms with E-state index < -0.39 is 0 Å². The van der Waals surface area contributed by atoms with Gasteiger partial charge in [-0.15, -0.1) is 0 Å². The number of hydrogen-bond acceptors (Lipinski definition) is 4. The smallest absolute Gasteiger partial charge is 0.309 e. The summed E-state index contributed by atoms with van der Waals surface area (Å²) in [6, 6.07) is 13.5. The van der Waals surface area contributed by atoms with Crippen LogP contribution in [-0.2, 0) is 16.0 Å². The number of para-hydroxylation sites is 1. The second kappa shape index (κ2) is 8.22. The van der Waals surface area contributed by atoms with Crippen molar-refractivity contribution >= 4 is 5.97 Å². The van der Waals surface area contributed by atoms with Crippen LogP contribution in [0.4, 0.5) is 0 Å². The lowest BCUT2D eigenvalue weighted by Crippen LogP contribution is -2.10. The van der Waals surface area contributed by atoms with Gasteiger partial charge in [0, 0.05) is 0 Å². The molecule has 0 unspecified atom stereocenters. The molecule has 2 rings (SSSR count). The molecule has 0 aliphatic heterocycles. The summed E-state index contributed by atoms with van der Waals surface area (Å²) < 4.78 is 16.1.